The predicted molar refractivity (Wildman–Crippen MR) is 88.0 cm³/mol. The van der Waals surface area contributed by atoms with Gasteiger partial charge in [0.25, 0.3) is 0 Å². The van der Waals surface area contributed by atoms with E-state index in [2.05, 4.69) is 34.2 Å². The summed E-state index contributed by atoms with van der Waals surface area (Å²) in [5.41, 5.74) is 2.71. The van der Waals surface area contributed by atoms with Gasteiger partial charge in [-0.25, -0.2) is 0 Å². The van der Waals surface area contributed by atoms with Crippen LogP contribution in [0.1, 0.15) is 36.9 Å². The van der Waals surface area contributed by atoms with Crippen molar-refractivity contribution in [2.45, 2.75) is 44.4 Å². The molecule has 0 amide bonds. The third kappa shape index (κ3) is 3.80. The Morgan fingerprint density at radius 1 is 1.48 bits per heavy atom. The summed E-state index contributed by atoms with van der Waals surface area (Å²) in [5, 5.41) is 4.46. The third-order valence-corrected chi connectivity index (χ3v) is 5.13. The zero-order valence-electron chi connectivity index (χ0n) is 12.2. The Hall–Kier alpha value is -0.130. The first-order chi connectivity index (χ1) is 10.1. The Kier molecular flexibility index (Phi) is 5.23. The average molecular weight is 375 g/mol. The number of benzene rings is 1. The van der Waals surface area contributed by atoms with Crippen LogP contribution in [0.3, 0.4) is 0 Å². The lowest BCUT2D eigenvalue weighted by Gasteiger charge is -2.22. The second-order valence-corrected chi connectivity index (χ2v) is 7.22. The van der Waals surface area contributed by atoms with Gasteiger partial charge in [-0.2, -0.15) is 0 Å². The zero-order chi connectivity index (χ0) is 14.8. The Bertz CT molecular complexity index is 505. The number of rotatable bonds is 5. The van der Waals surface area contributed by atoms with Crippen molar-refractivity contribution in [2.75, 3.05) is 19.8 Å². The van der Waals surface area contributed by atoms with E-state index in [0.29, 0.717) is 12.1 Å². The zero-order valence-corrected chi connectivity index (χ0v) is 14.5. The monoisotopic (exact) mass is 373 g/mol. The SMILES string of the molecule is C[C@H](CO[C@H]1CCOC1)N[C@@H]1CCc2c(Br)cc(Cl)cc21. The topological polar surface area (TPSA) is 30.5 Å². The van der Waals surface area contributed by atoms with Crippen molar-refractivity contribution in [3.05, 3.63) is 32.8 Å². The molecule has 21 heavy (non-hydrogen) atoms. The standard InChI is InChI=1S/C16H21BrClNO2/c1-10(8-21-12-4-5-20-9-12)19-16-3-2-13-14(16)6-11(18)7-15(13)17/h6-7,10,12,16,19H,2-5,8-9H2,1H3/t10-,12+,16-/m1/s1. The minimum atomic E-state index is 0.272. The highest BCUT2D eigenvalue weighted by Crippen LogP contribution is 2.38. The minimum absolute atomic E-state index is 0.272. The molecule has 116 valence electrons. The van der Waals surface area contributed by atoms with E-state index in [1.165, 1.54) is 11.1 Å². The fourth-order valence-electron chi connectivity index (χ4n) is 3.13. The minimum Gasteiger partial charge on any atom is -0.379 e. The molecule has 1 aliphatic carbocycles. The molecule has 0 unspecified atom stereocenters. The van der Waals surface area contributed by atoms with E-state index in [1.807, 2.05) is 6.07 Å². The van der Waals surface area contributed by atoms with Crippen LogP contribution in [0.4, 0.5) is 0 Å². The highest BCUT2D eigenvalue weighted by atomic mass is 79.9. The van der Waals surface area contributed by atoms with Gasteiger partial charge >= 0.3 is 0 Å². The van der Waals surface area contributed by atoms with E-state index in [4.69, 9.17) is 21.1 Å². The van der Waals surface area contributed by atoms with Crippen molar-refractivity contribution in [1.82, 2.24) is 5.32 Å². The number of hydrogen-bond donors (Lipinski definition) is 1. The fraction of sp³-hybridized carbons (Fsp3) is 0.625. The maximum atomic E-state index is 6.18. The van der Waals surface area contributed by atoms with E-state index < -0.39 is 0 Å². The molecule has 0 spiro atoms. The molecule has 1 aromatic carbocycles. The average Bonchev–Trinajstić information content (AvgIpc) is 3.07. The first-order valence-electron chi connectivity index (χ1n) is 7.56. The van der Waals surface area contributed by atoms with Crippen LogP contribution in [0.25, 0.3) is 0 Å². The molecule has 1 aliphatic heterocycles. The van der Waals surface area contributed by atoms with Gasteiger partial charge < -0.3 is 14.8 Å². The van der Waals surface area contributed by atoms with Crippen molar-refractivity contribution in [1.29, 1.82) is 0 Å². The normalized spacial score (nSPS) is 26.0. The molecule has 2 aliphatic rings. The molecule has 1 fully saturated rings. The van der Waals surface area contributed by atoms with Gasteiger partial charge in [0.05, 0.1) is 19.3 Å². The summed E-state index contributed by atoms with van der Waals surface area (Å²) in [4.78, 5) is 0. The number of halogens is 2. The second-order valence-electron chi connectivity index (χ2n) is 5.93. The molecule has 1 saturated heterocycles. The van der Waals surface area contributed by atoms with Gasteiger partial charge in [0.2, 0.25) is 0 Å². The van der Waals surface area contributed by atoms with E-state index in [0.717, 1.165) is 48.6 Å². The smallest absolute Gasteiger partial charge is 0.0831 e. The third-order valence-electron chi connectivity index (χ3n) is 4.21. The van der Waals surface area contributed by atoms with Crippen molar-refractivity contribution in [3.63, 3.8) is 0 Å². The molecular weight excluding hydrogens is 354 g/mol. The highest BCUT2D eigenvalue weighted by Gasteiger charge is 2.26. The lowest BCUT2D eigenvalue weighted by molar-refractivity contribution is 0.0308. The van der Waals surface area contributed by atoms with E-state index >= 15 is 0 Å². The molecule has 5 heteroatoms. The van der Waals surface area contributed by atoms with Crippen molar-refractivity contribution in [2.24, 2.45) is 0 Å². The number of ether oxygens (including phenoxy) is 2. The maximum absolute atomic E-state index is 6.18. The van der Waals surface area contributed by atoms with Gasteiger partial charge in [-0.1, -0.05) is 27.5 Å². The van der Waals surface area contributed by atoms with Crippen LogP contribution in [0, 0.1) is 0 Å². The van der Waals surface area contributed by atoms with Crippen LogP contribution >= 0.6 is 27.5 Å². The van der Waals surface area contributed by atoms with Gasteiger partial charge in [-0.15, -0.1) is 0 Å². The van der Waals surface area contributed by atoms with Gasteiger partial charge in [0, 0.05) is 28.2 Å². The van der Waals surface area contributed by atoms with Crippen molar-refractivity contribution >= 4 is 27.5 Å². The molecule has 3 atom stereocenters. The van der Waals surface area contributed by atoms with E-state index in [9.17, 15) is 0 Å². The molecular formula is C16H21BrClNO2. The summed E-state index contributed by atoms with van der Waals surface area (Å²) >= 11 is 9.80. The number of fused-ring (bicyclic) bond motifs is 1. The van der Waals surface area contributed by atoms with Gasteiger partial charge in [0.15, 0.2) is 0 Å². The number of nitrogens with one attached hydrogen (secondary N) is 1. The second kappa shape index (κ2) is 6.97. The largest absolute Gasteiger partial charge is 0.379 e. The summed E-state index contributed by atoms with van der Waals surface area (Å²) in [6.45, 7) is 4.46. The van der Waals surface area contributed by atoms with E-state index in [-0.39, 0.29) is 6.10 Å². The summed E-state index contributed by atoms with van der Waals surface area (Å²) in [6.07, 6.45) is 3.50. The molecule has 0 radical (unpaired) electrons. The first kappa shape index (κ1) is 15.8. The quantitative estimate of drug-likeness (QED) is 0.848. The maximum Gasteiger partial charge on any atom is 0.0831 e. The van der Waals surface area contributed by atoms with Crippen LogP contribution in [0.5, 0.6) is 0 Å². The van der Waals surface area contributed by atoms with Crippen LogP contribution < -0.4 is 5.32 Å². The van der Waals surface area contributed by atoms with Crippen molar-refractivity contribution in [3.8, 4) is 0 Å². The molecule has 1 N–H and O–H groups in total. The Balaban J connectivity index is 1.57. The van der Waals surface area contributed by atoms with Gasteiger partial charge in [-0.05, 0) is 49.4 Å². The molecule has 0 saturated carbocycles. The Morgan fingerprint density at radius 2 is 2.33 bits per heavy atom. The van der Waals surface area contributed by atoms with E-state index in [1.54, 1.807) is 0 Å². The van der Waals surface area contributed by atoms with Crippen LogP contribution in [-0.4, -0.2) is 32.0 Å². The lowest BCUT2D eigenvalue weighted by atomic mass is 10.1. The Morgan fingerprint density at radius 3 is 3.10 bits per heavy atom. The first-order valence-corrected chi connectivity index (χ1v) is 8.74. The van der Waals surface area contributed by atoms with Crippen LogP contribution in [0.15, 0.2) is 16.6 Å². The summed E-state index contributed by atoms with van der Waals surface area (Å²) in [7, 11) is 0. The van der Waals surface area contributed by atoms with Crippen molar-refractivity contribution < 1.29 is 9.47 Å². The summed E-state index contributed by atoms with van der Waals surface area (Å²) < 4.78 is 12.3. The molecule has 1 aromatic rings. The molecule has 3 nitrogen and oxygen atoms in total. The molecule has 0 bridgehead atoms. The Labute approximate surface area is 139 Å². The molecule has 3 rings (SSSR count). The van der Waals surface area contributed by atoms with Gasteiger partial charge in [-0.3, -0.25) is 0 Å². The van der Waals surface area contributed by atoms with Gasteiger partial charge in [0.1, 0.15) is 0 Å². The summed E-state index contributed by atoms with van der Waals surface area (Å²) in [6, 6.07) is 4.76. The predicted octanol–water partition coefficient (Wildman–Crippen LogP) is 3.87. The lowest BCUT2D eigenvalue weighted by Crippen LogP contribution is -2.34. The molecule has 1 heterocycles. The fourth-order valence-corrected chi connectivity index (χ4v) is 4.16. The number of hydrogen-bond acceptors (Lipinski definition) is 3. The van der Waals surface area contributed by atoms with Crippen LogP contribution in [-0.2, 0) is 15.9 Å². The summed E-state index contributed by atoms with van der Waals surface area (Å²) in [5.74, 6) is 0. The van der Waals surface area contributed by atoms with Crippen LogP contribution in [0.2, 0.25) is 5.02 Å². The molecule has 0 aromatic heterocycles. The highest BCUT2D eigenvalue weighted by molar-refractivity contribution is 9.10.